The maximum absolute atomic E-state index is 12.3. The van der Waals surface area contributed by atoms with Crippen molar-refractivity contribution in [1.82, 2.24) is 5.32 Å². The number of amides is 1. The predicted octanol–water partition coefficient (Wildman–Crippen LogP) is 7.64. The van der Waals surface area contributed by atoms with Crippen LogP contribution in [0.2, 0.25) is 0 Å². The van der Waals surface area contributed by atoms with Crippen LogP contribution >= 0.6 is 0 Å². The minimum atomic E-state index is -0.450. The number of hydrogen-bond acceptors (Lipinski definition) is 11. The highest BCUT2D eigenvalue weighted by atomic mass is 16.6. The summed E-state index contributed by atoms with van der Waals surface area (Å²) in [5.41, 5.74) is 6.15. The molecule has 3 aromatic rings. The second-order valence-corrected chi connectivity index (χ2v) is 14.2. The average molecular weight is 824 g/mol. The van der Waals surface area contributed by atoms with Crippen molar-refractivity contribution in [3.8, 4) is 16.9 Å². The third-order valence-electron chi connectivity index (χ3n) is 9.70. The summed E-state index contributed by atoms with van der Waals surface area (Å²) in [6.45, 7) is 11.2. The fourth-order valence-corrected chi connectivity index (χ4v) is 6.60. The van der Waals surface area contributed by atoms with E-state index in [0.29, 0.717) is 119 Å². The molecule has 59 heavy (non-hydrogen) atoms. The number of hydrogen-bond donors (Lipinski definition) is 1. The van der Waals surface area contributed by atoms with Crippen LogP contribution in [0.25, 0.3) is 11.1 Å². The molecule has 0 radical (unpaired) electrons. The average Bonchev–Trinajstić information content (AvgIpc) is 3.58. The number of aryl methyl sites for hydroxylation is 1. The van der Waals surface area contributed by atoms with Crippen molar-refractivity contribution >= 4 is 6.09 Å². The lowest BCUT2D eigenvalue weighted by molar-refractivity contribution is -0.0235. The van der Waals surface area contributed by atoms with Gasteiger partial charge in [0.05, 0.1) is 106 Å². The van der Waals surface area contributed by atoms with Crippen LogP contribution in [-0.2, 0) is 49.1 Å². The zero-order valence-corrected chi connectivity index (χ0v) is 35.4. The maximum Gasteiger partial charge on any atom is 0.407 e. The highest BCUT2D eigenvalue weighted by Gasteiger charge is 2.29. The molecule has 0 saturated carbocycles. The van der Waals surface area contributed by atoms with Gasteiger partial charge in [0.15, 0.2) is 0 Å². The van der Waals surface area contributed by atoms with Gasteiger partial charge in [0.2, 0.25) is 0 Å². The molecule has 0 bridgehead atoms. The number of ether oxygens (including phenoxy) is 10. The van der Waals surface area contributed by atoms with E-state index >= 15 is 0 Å². The topological polar surface area (TPSA) is 121 Å². The van der Waals surface area contributed by atoms with Crippen molar-refractivity contribution < 1.29 is 52.2 Å². The number of fused-ring (bicyclic) bond motifs is 3. The molecule has 328 valence electrons. The van der Waals surface area contributed by atoms with Crippen LogP contribution in [0, 0.1) is 0 Å². The number of carbonyl (C=O) groups excluding carboxylic acids is 1. The van der Waals surface area contributed by atoms with Gasteiger partial charge in [-0.25, -0.2) is 4.79 Å². The van der Waals surface area contributed by atoms with Crippen LogP contribution in [0.3, 0.4) is 0 Å². The largest absolute Gasteiger partial charge is 0.491 e. The molecule has 0 fully saturated rings. The van der Waals surface area contributed by atoms with E-state index in [4.69, 9.17) is 47.4 Å². The summed E-state index contributed by atoms with van der Waals surface area (Å²) in [5.74, 6) is 0.919. The molecule has 0 aromatic heterocycles. The normalized spacial score (nSPS) is 12.1. The van der Waals surface area contributed by atoms with Crippen molar-refractivity contribution in [2.75, 3.05) is 125 Å². The minimum Gasteiger partial charge on any atom is -0.491 e. The van der Waals surface area contributed by atoms with E-state index in [-0.39, 0.29) is 12.5 Å². The Hall–Kier alpha value is -3.59. The third-order valence-corrected chi connectivity index (χ3v) is 9.70. The maximum atomic E-state index is 12.3. The summed E-state index contributed by atoms with van der Waals surface area (Å²) in [6, 6.07) is 25.0. The van der Waals surface area contributed by atoms with Crippen LogP contribution in [0.5, 0.6) is 5.75 Å². The van der Waals surface area contributed by atoms with Crippen molar-refractivity contribution in [2.24, 2.45) is 0 Å². The molecule has 3 aromatic carbocycles. The first kappa shape index (κ1) is 48.1. The fourth-order valence-electron chi connectivity index (χ4n) is 6.60. The summed E-state index contributed by atoms with van der Waals surface area (Å²) in [5, 5.41) is 2.75. The number of nitrogens with one attached hydrogen (secondary N) is 1. The van der Waals surface area contributed by atoms with Crippen LogP contribution in [0.1, 0.15) is 68.1 Å². The molecular weight excluding hydrogens is 755 g/mol. The van der Waals surface area contributed by atoms with Crippen LogP contribution < -0.4 is 10.1 Å². The number of benzene rings is 3. The molecule has 0 aliphatic heterocycles. The lowest BCUT2D eigenvalue weighted by Crippen LogP contribution is -2.29. The zero-order chi connectivity index (χ0) is 41.3. The molecule has 12 heteroatoms. The first-order valence-corrected chi connectivity index (χ1v) is 21.7. The molecule has 0 atom stereocenters. The number of carbonyl (C=O) groups is 1. The van der Waals surface area contributed by atoms with E-state index in [2.05, 4.69) is 48.6 Å². The van der Waals surface area contributed by atoms with Gasteiger partial charge in [-0.3, -0.25) is 0 Å². The van der Waals surface area contributed by atoms with Crippen molar-refractivity contribution in [3.63, 3.8) is 0 Å². The summed E-state index contributed by atoms with van der Waals surface area (Å²) >= 11 is 0. The standard InChI is InChI=1S/C47H69NO11/c1-2-3-4-5-6-7-12-40-17-19-41(20-18-40)58-38-37-57-36-35-56-34-33-55-32-31-54-30-29-53-28-27-52-26-25-51-24-23-50-22-21-48-47(49)59-39-46-44-15-10-8-13-42(44)43-14-9-11-16-45(43)46/h8-11,13-20,46H,2-7,12,21-39H2,1H3,(H,48,49). The molecular formula is C47H69NO11. The Morgan fingerprint density at radius 1 is 0.492 bits per heavy atom. The SMILES string of the molecule is CCCCCCCCc1ccc(OCCOCCOCCOCCOCCOCCOCCOCCOCCNC(=O)OCC2c3ccccc3-c3ccccc32)cc1. The predicted molar refractivity (Wildman–Crippen MR) is 229 cm³/mol. The summed E-state index contributed by atoms with van der Waals surface area (Å²) < 4.78 is 55.7. The van der Waals surface area contributed by atoms with Gasteiger partial charge < -0.3 is 52.7 Å². The lowest BCUT2D eigenvalue weighted by atomic mass is 9.98. The van der Waals surface area contributed by atoms with E-state index in [1.54, 1.807) is 0 Å². The molecule has 0 unspecified atom stereocenters. The molecule has 1 amide bonds. The third kappa shape index (κ3) is 21.0. The van der Waals surface area contributed by atoms with E-state index in [9.17, 15) is 4.79 Å². The Morgan fingerprint density at radius 2 is 0.915 bits per heavy atom. The molecule has 0 heterocycles. The van der Waals surface area contributed by atoms with E-state index in [1.165, 1.54) is 66.3 Å². The van der Waals surface area contributed by atoms with Gasteiger partial charge >= 0.3 is 6.09 Å². The molecule has 4 rings (SSSR count). The molecule has 0 saturated heterocycles. The molecule has 12 nitrogen and oxygen atoms in total. The van der Waals surface area contributed by atoms with Crippen LogP contribution in [0.4, 0.5) is 4.79 Å². The van der Waals surface area contributed by atoms with E-state index in [0.717, 1.165) is 12.2 Å². The molecule has 1 N–H and O–H groups in total. The number of unbranched alkanes of at least 4 members (excludes halogenated alkanes) is 5. The summed E-state index contributed by atoms with van der Waals surface area (Å²) in [7, 11) is 0. The second kappa shape index (κ2) is 32.2. The second-order valence-electron chi connectivity index (χ2n) is 14.2. The first-order valence-electron chi connectivity index (χ1n) is 21.7. The Kier molecular flexibility index (Phi) is 26.3. The minimum absolute atomic E-state index is 0.0379. The van der Waals surface area contributed by atoms with Gasteiger partial charge in [-0.1, -0.05) is 99.7 Å². The van der Waals surface area contributed by atoms with Gasteiger partial charge in [-0.2, -0.15) is 0 Å². The highest BCUT2D eigenvalue weighted by Crippen LogP contribution is 2.44. The van der Waals surface area contributed by atoms with Crippen LogP contribution in [-0.4, -0.2) is 132 Å². The lowest BCUT2D eigenvalue weighted by Gasteiger charge is -2.14. The van der Waals surface area contributed by atoms with Crippen molar-refractivity contribution in [1.29, 1.82) is 0 Å². The van der Waals surface area contributed by atoms with Crippen molar-refractivity contribution in [3.05, 3.63) is 89.5 Å². The number of rotatable bonds is 37. The summed E-state index contributed by atoms with van der Waals surface area (Å²) in [6.07, 6.45) is 8.61. The zero-order valence-electron chi connectivity index (χ0n) is 35.4. The van der Waals surface area contributed by atoms with Crippen molar-refractivity contribution in [2.45, 2.75) is 57.8 Å². The van der Waals surface area contributed by atoms with E-state index < -0.39 is 6.09 Å². The van der Waals surface area contributed by atoms with Gasteiger partial charge in [-0.15, -0.1) is 0 Å². The Morgan fingerprint density at radius 3 is 1.41 bits per heavy atom. The van der Waals surface area contributed by atoms with E-state index in [1.807, 2.05) is 36.4 Å². The molecule has 1 aliphatic rings. The van der Waals surface area contributed by atoms with Gasteiger partial charge in [0.25, 0.3) is 0 Å². The fraction of sp³-hybridized carbons (Fsp3) is 0.596. The first-order chi connectivity index (χ1) is 29.3. The monoisotopic (exact) mass is 823 g/mol. The van der Waals surface area contributed by atoms with Gasteiger partial charge in [0.1, 0.15) is 19.0 Å². The summed E-state index contributed by atoms with van der Waals surface area (Å²) in [4.78, 5) is 12.3. The number of alkyl carbamates (subject to hydrolysis) is 1. The van der Waals surface area contributed by atoms with Crippen LogP contribution in [0.15, 0.2) is 72.8 Å². The quantitative estimate of drug-likeness (QED) is 0.0578. The van der Waals surface area contributed by atoms with Gasteiger partial charge in [-0.05, 0) is 52.8 Å². The Balaban J connectivity index is 0.797. The molecule has 1 aliphatic carbocycles. The Bertz CT molecular complexity index is 1450. The Labute approximate surface area is 352 Å². The smallest absolute Gasteiger partial charge is 0.407 e. The van der Waals surface area contributed by atoms with Gasteiger partial charge in [0, 0.05) is 12.5 Å². The highest BCUT2D eigenvalue weighted by molar-refractivity contribution is 5.79. The molecule has 0 spiro atoms.